The van der Waals surface area contributed by atoms with Crippen LogP contribution in [0.1, 0.15) is 31.2 Å². The lowest BCUT2D eigenvalue weighted by atomic mass is 9.97. The van der Waals surface area contributed by atoms with E-state index in [-0.39, 0.29) is 11.9 Å². The summed E-state index contributed by atoms with van der Waals surface area (Å²) < 4.78 is 7.98. The number of aryl methyl sites for hydroxylation is 2. The van der Waals surface area contributed by atoms with Crippen molar-refractivity contribution in [2.24, 2.45) is 5.92 Å². The highest BCUT2D eigenvalue weighted by Crippen LogP contribution is 2.25. The summed E-state index contributed by atoms with van der Waals surface area (Å²) in [5.74, 6) is -0.00205. The number of methoxy groups -OCH3 is 1. The number of ether oxygens (including phenoxy) is 1. The van der Waals surface area contributed by atoms with Crippen molar-refractivity contribution < 1.29 is 9.53 Å². The predicted octanol–water partition coefficient (Wildman–Crippen LogP) is 2.36. The standard InChI is InChI=1S/C14H22BrN3O2/c1-4-18-12(13(15)10(2)16-18)9-17-7-5-11(6-8-17)14(19)20-3/h11H,4-9H2,1-3H3. The van der Waals surface area contributed by atoms with Gasteiger partial charge in [0.25, 0.3) is 0 Å². The summed E-state index contributed by atoms with van der Waals surface area (Å²) in [6, 6.07) is 0. The number of likely N-dealkylation sites (tertiary alicyclic amines) is 1. The fraction of sp³-hybridized carbons (Fsp3) is 0.714. The minimum atomic E-state index is -0.0692. The van der Waals surface area contributed by atoms with Crippen molar-refractivity contribution in [2.45, 2.75) is 39.8 Å². The zero-order chi connectivity index (χ0) is 14.7. The van der Waals surface area contributed by atoms with E-state index in [1.807, 2.05) is 11.6 Å². The van der Waals surface area contributed by atoms with E-state index in [0.29, 0.717) is 0 Å². The van der Waals surface area contributed by atoms with Gasteiger partial charge in [0.2, 0.25) is 0 Å². The number of aromatic nitrogens is 2. The number of halogens is 1. The van der Waals surface area contributed by atoms with Crippen LogP contribution in [0.25, 0.3) is 0 Å². The van der Waals surface area contributed by atoms with Gasteiger partial charge in [-0.25, -0.2) is 0 Å². The molecule has 0 N–H and O–H groups in total. The van der Waals surface area contributed by atoms with E-state index in [0.717, 1.165) is 49.2 Å². The molecule has 2 heterocycles. The van der Waals surface area contributed by atoms with Gasteiger partial charge in [0.05, 0.1) is 28.9 Å². The van der Waals surface area contributed by atoms with Gasteiger partial charge in [0.15, 0.2) is 0 Å². The lowest BCUT2D eigenvalue weighted by Gasteiger charge is -2.30. The van der Waals surface area contributed by atoms with Crippen molar-refractivity contribution in [3.05, 3.63) is 15.9 Å². The normalized spacial score (nSPS) is 17.4. The van der Waals surface area contributed by atoms with Crippen molar-refractivity contribution in [3.8, 4) is 0 Å². The van der Waals surface area contributed by atoms with Crippen molar-refractivity contribution in [3.63, 3.8) is 0 Å². The van der Waals surface area contributed by atoms with E-state index < -0.39 is 0 Å². The number of hydrogen-bond acceptors (Lipinski definition) is 4. The van der Waals surface area contributed by atoms with Gasteiger partial charge in [-0.3, -0.25) is 14.4 Å². The van der Waals surface area contributed by atoms with Crippen molar-refractivity contribution in [1.82, 2.24) is 14.7 Å². The number of esters is 1. The molecule has 112 valence electrons. The van der Waals surface area contributed by atoms with Crippen LogP contribution in [0.5, 0.6) is 0 Å². The molecule has 2 rings (SSSR count). The van der Waals surface area contributed by atoms with E-state index in [1.165, 1.54) is 12.8 Å². The molecule has 0 bridgehead atoms. The Morgan fingerprint density at radius 3 is 2.65 bits per heavy atom. The number of nitrogens with zero attached hydrogens (tertiary/aromatic N) is 3. The minimum Gasteiger partial charge on any atom is -0.469 e. The molecule has 1 saturated heterocycles. The second-order valence-electron chi connectivity index (χ2n) is 5.24. The minimum absolute atomic E-state index is 0.0671. The molecule has 0 aliphatic carbocycles. The summed E-state index contributed by atoms with van der Waals surface area (Å²) in [5, 5.41) is 4.52. The molecule has 1 aliphatic rings. The van der Waals surface area contributed by atoms with Crippen molar-refractivity contribution >= 4 is 21.9 Å². The number of carbonyl (C=O) groups is 1. The molecule has 1 aliphatic heterocycles. The van der Waals surface area contributed by atoms with Crippen LogP contribution >= 0.6 is 15.9 Å². The number of carbonyl (C=O) groups excluding carboxylic acids is 1. The number of piperidine rings is 1. The summed E-state index contributed by atoms with van der Waals surface area (Å²) in [6.07, 6.45) is 1.76. The first-order valence-corrected chi connectivity index (χ1v) is 7.88. The fourth-order valence-corrected chi connectivity index (χ4v) is 3.13. The van der Waals surface area contributed by atoms with Gasteiger partial charge in [-0.2, -0.15) is 5.10 Å². The van der Waals surface area contributed by atoms with Crippen LogP contribution < -0.4 is 0 Å². The van der Waals surface area contributed by atoms with Gasteiger partial charge in [-0.1, -0.05) is 0 Å². The molecule has 0 saturated carbocycles. The Morgan fingerprint density at radius 1 is 1.45 bits per heavy atom. The smallest absolute Gasteiger partial charge is 0.308 e. The first-order chi connectivity index (χ1) is 9.56. The highest BCUT2D eigenvalue weighted by atomic mass is 79.9. The maximum atomic E-state index is 11.5. The third kappa shape index (κ3) is 3.23. The average Bonchev–Trinajstić information content (AvgIpc) is 2.75. The summed E-state index contributed by atoms with van der Waals surface area (Å²) in [5.41, 5.74) is 2.26. The quantitative estimate of drug-likeness (QED) is 0.787. The predicted molar refractivity (Wildman–Crippen MR) is 80.4 cm³/mol. The van der Waals surface area contributed by atoms with Crippen LogP contribution in [0.15, 0.2) is 4.47 Å². The zero-order valence-corrected chi connectivity index (χ0v) is 13.9. The van der Waals surface area contributed by atoms with Gasteiger partial charge in [0, 0.05) is 13.1 Å². The Labute approximate surface area is 128 Å². The monoisotopic (exact) mass is 343 g/mol. The molecule has 0 atom stereocenters. The third-order valence-electron chi connectivity index (χ3n) is 3.95. The molecule has 0 unspecified atom stereocenters. The summed E-state index contributed by atoms with van der Waals surface area (Å²) >= 11 is 3.63. The second-order valence-corrected chi connectivity index (χ2v) is 6.03. The molecular formula is C14H22BrN3O2. The van der Waals surface area contributed by atoms with Crippen LogP contribution in [0.3, 0.4) is 0 Å². The van der Waals surface area contributed by atoms with Gasteiger partial charge in [0.1, 0.15) is 0 Å². The molecule has 20 heavy (non-hydrogen) atoms. The molecule has 0 radical (unpaired) electrons. The Morgan fingerprint density at radius 2 is 2.10 bits per heavy atom. The molecule has 0 spiro atoms. The molecule has 0 aromatic carbocycles. The molecule has 1 aromatic heterocycles. The van der Waals surface area contributed by atoms with Crippen molar-refractivity contribution in [2.75, 3.05) is 20.2 Å². The summed E-state index contributed by atoms with van der Waals surface area (Å²) in [6.45, 7) is 7.74. The van der Waals surface area contributed by atoms with Crippen LogP contribution in [0.2, 0.25) is 0 Å². The maximum absolute atomic E-state index is 11.5. The molecular weight excluding hydrogens is 322 g/mol. The molecule has 0 amide bonds. The van der Waals surface area contributed by atoms with Gasteiger partial charge in [-0.15, -0.1) is 0 Å². The lowest BCUT2D eigenvalue weighted by Crippen LogP contribution is -2.36. The Bertz CT molecular complexity index is 479. The van der Waals surface area contributed by atoms with E-state index in [2.05, 4.69) is 32.9 Å². The second kappa shape index (κ2) is 6.72. The topological polar surface area (TPSA) is 47.4 Å². The molecule has 1 aromatic rings. The highest BCUT2D eigenvalue weighted by molar-refractivity contribution is 9.10. The Kier molecular flexibility index (Phi) is 5.21. The Hall–Kier alpha value is -0.880. The van der Waals surface area contributed by atoms with Crippen LogP contribution in [-0.2, 0) is 22.6 Å². The average molecular weight is 344 g/mol. The SMILES string of the molecule is CCn1nc(C)c(Br)c1CN1CCC(C(=O)OC)CC1. The van der Waals surface area contributed by atoms with E-state index in [4.69, 9.17) is 4.74 Å². The largest absolute Gasteiger partial charge is 0.469 e. The Balaban J connectivity index is 1.98. The van der Waals surface area contributed by atoms with Crippen LogP contribution in [-0.4, -0.2) is 40.8 Å². The number of hydrogen-bond donors (Lipinski definition) is 0. The van der Waals surface area contributed by atoms with Gasteiger partial charge >= 0.3 is 5.97 Å². The molecule has 5 nitrogen and oxygen atoms in total. The molecule has 1 fully saturated rings. The fourth-order valence-electron chi connectivity index (χ4n) is 2.73. The number of rotatable bonds is 4. The first-order valence-electron chi connectivity index (χ1n) is 7.08. The van der Waals surface area contributed by atoms with E-state index in [1.54, 1.807) is 0 Å². The zero-order valence-electron chi connectivity index (χ0n) is 12.4. The van der Waals surface area contributed by atoms with Crippen LogP contribution in [0.4, 0.5) is 0 Å². The van der Waals surface area contributed by atoms with Gasteiger partial charge in [-0.05, 0) is 55.7 Å². The van der Waals surface area contributed by atoms with E-state index >= 15 is 0 Å². The first kappa shape index (κ1) is 15.5. The molecule has 6 heteroatoms. The van der Waals surface area contributed by atoms with E-state index in [9.17, 15) is 4.79 Å². The van der Waals surface area contributed by atoms with Crippen molar-refractivity contribution in [1.29, 1.82) is 0 Å². The highest BCUT2D eigenvalue weighted by Gasteiger charge is 2.26. The van der Waals surface area contributed by atoms with Gasteiger partial charge < -0.3 is 4.74 Å². The van der Waals surface area contributed by atoms with Crippen LogP contribution in [0, 0.1) is 12.8 Å². The maximum Gasteiger partial charge on any atom is 0.308 e. The summed E-state index contributed by atoms with van der Waals surface area (Å²) in [7, 11) is 1.47. The summed E-state index contributed by atoms with van der Waals surface area (Å²) in [4.78, 5) is 13.9. The lowest BCUT2D eigenvalue weighted by molar-refractivity contribution is -0.147. The third-order valence-corrected chi connectivity index (χ3v) is 4.98.